The number of amides is 1. The number of nitrogens with two attached hydrogens (primary N) is 1. The first kappa shape index (κ1) is 19.7. The van der Waals surface area contributed by atoms with Crippen LogP contribution >= 0.6 is 0 Å². The summed E-state index contributed by atoms with van der Waals surface area (Å²) in [7, 11) is -3.19. The van der Waals surface area contributed by atoms with E-state index in [4.69, 9.17) is 0 Å². The van der Waals surface area contributed by atoms with Gasteiger partial charge in [-0.3, -0.25) is 8.98 Å². The topological polar surface area (TPSA) is 86.5 Å². The molecule has 0 spiro atoms. The van der Waals surface area contributed by atoms with Crippen LogP contribution < -0.4 is 35.3 Å². The molecule has 0 aromatic carbocycles. The van der Waals surface area contributed by atoms with E-state index in [0.29, 0.717) is 6.61 Å². The molecule has 0 aliphatic rings. The van der Waals surface area contributed by atoms with E-state index in [2.05, 4.69) is 16.5 Å². The Morgan fingerprint density at radius 2 is 2.00 bits per heavy atom. The van der Waals surface area contributed by atoms with Crippen molar-refractivity contribution in [1.29, 1.82) is 0 Å². The van der Waals surface area contributed by atoms with Crippen LogP contribution in [0.15, 0.2) is 12.7 Å². The van der Waals surface area contributed by atoms with E-state index in [1.807, 2.05) is 6.92 Å². The predicted octanol–water partition coefficient (Wildman–Crippen LogP) is -2.85. The Morgan fingerprint density at radius 1 is 1.64 bits per heavy atom. The van der Waals surface area contributed by atoms with Gasteiger partial charge in [0.05, 0.1) is 12.9 Å². The molecule has 0 saturated carbocycles. The van der Waals surface area contributed by atoms with E-state index in [-0.39, 0.29) is 31.0 Å². The van der Waals surface area contributed by atoms with Gasteiger partial charge in [0, 0.05) is 0 Å². The van der Waals surface area contributed by atoms with E-state index in [0.717, 1.165) is 18.8 Å². The van der Waals surface area contributed by atoms with Crippen molar-refractivity contribution in [1.82, 2.24) is 0 Å². The van der Waals surface area contributed by atoms with Crippen molar-refractivity contribution in [3.63, 3.8) is 0 Å². The molecule has 0 aliphatic carbocycles. The molecular formula is C7H16NNaO4S. The normalized spacial score (nSPS) is 9.00. The van der Waals surface area contributed by atoms with Crippen molar-refractivity contribution >= 4 is 16.0 Å². The van der Waals surface area contributed by atoms with Crippen LogP contribution in [-0.2, 0) is 19.1 Å². The van der Waals surface area contributed by atoms with E-state index < -0.39 is 16.0 Å². The summed E-state index contributed by atoms with van der Waals surface area (Å²) < 4.78 is 24.7. The monoisotopic (exact) mass is 233 g/mol. The van der Waals surface area contributed by atoms with Crippen molar-refractivity contribution in [3.8, 4) is 0 Å². The van der Waals surface area contributed by atoms with E-state index in [9.17, 15) is 13.2 Å². The molecule has 2 N–H and O–H groups in total. The van der Waals surface area contributed by atoms with Gasteiger partial charge in [0.25, 0.3) is 10.1 Å². The minimum atomic E-state index is -3.19. The largest absolute Gasteiger partial charge is 1.00 e. The summed E-state index contributed by atoms with van der Waals surface area (Å²) in [4.78, 5) is 9.47. The van der Waals surface area contributed by atoms with Gasteiger partial charge >= 0.3 is 29.6 Å². The van der Waals surface area contributed by atoms with E-state index in [1.165, 1.54) is 0 Å². The van der Waals surface area contributed by atoms with Gasteiger partial charge in [-0.15, -0.1) is 0 Å². The summed E-state index contributed by atoms with van der Waals surface area (Å²) in [6.45, 7) is 5.23. The smallest absolute Gasteiger partial charge is 1.00 e. The van der Waals surface area contributed by atoms with Gasteiger partial charge in [-0.1, -0.05) is 13.5 Å². The molecular weight excluding hydrogens is 217 g/mol. The van der Waals surface area contributed by atoms with Crippen molar-refractivity contribution in [2.45, 2.75) is 13.3 Å². The molecule has 1 amide bonds. The van der Waals surface area contributed by atoms with Crippen molar-refractivity contribution < 1.29 is 48.4 Å². The minimum Gasteiger partial charge on any atom is -1.00 e. The van der Waals surface area contributed by atoms with Crippen LogP contribution in [0.25, 0.3) is 0 Å². The summed E-state index contributed by atoms with van der Waals surface area (Å²) >= 11 is 0. The van der Waals surface area contributed by atoms with Gasteiger partial charge < -0.3 is 7.16 Å². The molecule has 14 heavy (non-hydrogen) atoms. The average molecular weight is 233 g/mol. The third kappa shape index (κ3) is 29.6. The summed E-state index contributed by atoms with van der Waals surface area (Å²) in [5.41, 5.74) is 4.53. The number of hydrogen-bond acceptors (Lipinski definition) is 4. The Labute approximate surface area is 109 Å². The second-order valence-electron chi connectivity index (χ2n) is 2.13. The summed E-state index contributed by atoms with van der Waals surface area (Å²) in [5, 5.41) is 0. The summed E-state index contributed by atoms with van der Waals surface area (Å²) in [5.74, 6) is -0.481. The zero-order chi connectivity index (χ0) is 10.9. The summed E-state index contributed by atoms with van der Waals surface area (Å²) in [6, 6.07) is 0. The SMILES string of the molecule is C=CC(N)=O.CCCOS(C)(=O)=O.[H-].[Na+]. The van der Waals surface area contributed by atoms with Crippen molar-refractivity contribution in [3.05, 3.63) is 12.7 Å². The quantitative estimate of drug-likeness (QED) is 0.321. The average Bonchev–Trinajstić information content (AvgIpc) is 2.00. The van der Waals surface area contributed by atoms with Crippen LogP contribution in [0, 0.1) is 0 Å². The van der Waals surface area contributed by atoms with Crippen molar-refractivity contribution in [2.75, 3.05) is 12.9 Å². The Morgan fingerprint density at radius 3 is 2.07 bits per heavy atom. The molecule has 0 fully saturated rings. The standard InChI is InChI=1S/C4H10O3S.C3H5NO.Na.H/c1-3-4-7-8(2,5)6;1-2-3(4)5;;/h3-4H2,1-2H3;2H,1H2,(H2,4,5);;/q;;+1;-1. The zero-order valence-corrected chi connectivity index (χ0v) is 11.6. The molecule has 0 bridgehead atoms. The first-order valence-corrected chi connectivity index (χ1v) is 5.41. The molecule has 0 unspecified atom stereocenters. The first-order chi connectivity index (χ1) is 5.83. The van der Waals surface area contributed by atoms with Gasteiger partial charge in [-0.25, -0.2) is 0 Å². The predicted molar refractivity (Wildman–Crippen MR) is 51.6 cm³/mol. The fourth-order valence-electron chi connectivity index (χ4n) is 0.235. The first-order valence-electron chi connectivity index (χ1n) is 3.59. The molecule has 0 aromatic rings. The molecule has 0 atom stereocenters. The fourth-order valence-corrected chi connectivity index (χ4v) is 0.704. The molecule has 0 rings (SSSR count). The number of carbonyl (C=O) groups excluding carboxylic acids is 1. The van der Waals surface area contributed by atoms with Crippen LogP contribution in [0.2, 0.25) is 0 Å². The van der Waals surface area contributed by atoms with Crippen LogP contribution in [0.3, 0.4) is 0 Å². The van der Waals surface area contributed by atoms with Crippen LogP contribution in [0.4, 0.5) is 0 Å². The zero-order valence-electron chi connectivity index (χ0n) is 9.82. The van der Waals surface area contributed by atoms with Gasteiger partial charge in [0.2, 0.25) is 5.91 Å². The second kappa shape index (κ2) is 11.2. The van der Waals surface area contributed by atoms with Gasteiger partial charge in [-0.05, 0) is 12.5 Å². The molecule has 5 nitrogen and oxygen atoms in total. The molecule has 7 heteroatoms. The third-order valence-electron chi connectivity index (χ3n) is 0.703. The summed E-state index contributed by atoms with van der Waals surface area (Å²) in [6.07, 6.45) is 2.83. The molecule has 0 aromatic heterocycles. The Hall–Kier alpha value is 0.120. The van der Waals surface area contributed by atoms with E-state index in [1.54, 1.807) is 0 Å². The van der Waals surface area contributed by atoms with Crippen LogP contribution in [0.5, 0.6) is 0 Å². The van der Waals surface area contributed by atoms with Gasteiger partial charge in [0.1, 0.15) is 0 Å². The van der Waals surface area contributed by atoms with Gasteiger partial charge in [-0.2, -0.15) is 8.42 Å². The molecule has 0 radical (unpaired) electrons. The Kier molecular flexibility index (Phi) is 15.7. The molecule has 0 heterocycles. The number of primary amides is 1. The third-order valence-corrected chi connectivity index (χ3v) is 1.30. The second-order valence-corrected chi connectivity index (χ2v) is 3.78. The van der Waals surface area contributed by atoms with Crippen molar-refractivity contribution in [2.24, 2.45) is 5.73 Å². The maximum absolute atomic E-state index is 10.2. The molecule has 0 aliphatic heterocycles. The number of carbonyl (C=O) groups is 1. The van der Waals surface area contributed by atoms with Crippen LogP contribution in [-0.4, -0.2) is 27.2 Å². The molecule has 0 saturated heterocycles. The maximum atomic E-state index is 10.2. The number of hydrogen-bond donors (Lipinski definition) is 1. The Balaban J connectivity index is -0.0000000770. The maximum Gasteiger partial charge on any atom is 1.00 e. The Bertz CT molecular complexity index is 256. The fraction of sp³-hybridized carbons (Fsp3) is 0.571. The number of rotatable bonds is 4. The minimum absolute atomic E-state index is 0. The molecule has 80 valence electrons. The van der Waals surface area contributed by atoms with Gasteiger partial charge in [0.15, 0.2) is 0 Å². The van der Waals surface area contributed by atoms with E-state index >= 15 is 0 Å². The van der Waals surface area contributed by atoms with Crippen LogP contribution in [0.1, 0.15) is 14.8 Å².